The molecule has 0 aliphatic carbocycles. The van der Waals surface area contributed by atoms with Gasteiger partial charge in [-0.05, 0) is 60.7 Å². The van der Waals surface area contributed by atoms with Crippen molar-refractivity contribution in [2.75, 3.05) is 10.0 Å². The Morgan fingerprint density at radius 2 is 1.56 bits per heavy atom. The SMILES string of the molecule is O=C(Nc1ccc(NS(=O)(=O)c2ccc(F)cc2)cc1)c1ccco1. The molecule has 0 radical (unpaired) electrons. The zero-order valence-corrected chi connectivity index (χ0v) is 13.6. The van der Waals surface area contributed by atoms with Crippen LogP contribution in [0.2, 0.25) is 0 Å². The van der Waals surface area contributed by atoms with E-state index >= 15 is 0 Å². The van der Waals surface area contributed by atoms with Crippen LogP contribution in [0.15, 0.2) is 76.2 Å². The number of furan rings is 1. The maximum absolute atomic E-state index is 12.9. The fourth-order valence-corrected chi connectivity index (χ4v) is 3.11. The number of sulfonamides is 1. The minimum Gasteiger partial charge on any atom is -0.459 e. The molecule has 1 heterocycles. The number of hydrogen-bond acceptors (Lipinski definition) is 4. The first kappa shape index (κ1) is 16.7. The Morgan fingerprint density at radius 1 is 0.920 bits per heavy atom. The Balaban J connectivity index is 1.70. The second-order valence-corrected chi connectivity index (χ2v) is 6.75. The number of hydrogen-bond donors (Lipinski definition) is 2. The van der Waals surface area contributed by atoms with E-state index in [1.807, 2.05) is 0 Å². The third kappa shape index (κ3) is 4.04. The molecule has 3 rings (SSSR count). The fourth-order valence-electron chi connectivity index (χ4n) is 2.05. The Hall–Kier alpha value is -3.13. The number of halogens is 1. The van der Waals surface area contributed by atoms with Crippen molar-refractivity contribution in [1.82, 2.24) is 0 Å². The molecule has 6 nitrogen and oxygen atoms in total. The van der Waals surface area contributed by atoms with E-state index in [2.05, 4.69) is 10.0 Å². The Kier molecular flexibility index (Phi) is 4.53. The van der Waals surface area contributed by atoms with E-state index in [-0.39, 0.29) is 10.7 Å². The number of anilines is 2. The summed E-state index contributed by atoms with van der Waals surface area (Å²) in [6.45, 7) is 0. The van der Waals surface area contributed by atoms with Crippen LogP contribution < -0.4 is 10.0 Å². The minimum absolute atomic E-state index is 0.0518. The van der Waals surface area contributed by atoms with Gasteiger partial charge in [0.25, 0.3) is 15.9 Å². The predicted octanol–water partition coefficient (Wildman–Crippen LogP) is 3.47. The Bertz CT molecular complexity index is 967. The molecular weight excluding hydrogens is 347 g/mol. The number of amides is 1. The number of benzene rings is 2. The third-order valence-corrected chi connectivity index (χ3v) is 4.66. The predicted molar refractivity (Wildman–Crippen MR) is 90.3 cm³/mol. The Morgan fingerprint density at radius 3 is 2.16 bits per heavy atom. The second-order valence-electron chi connectivity index (χ2n) is 5.07. The highest BCUT2D eigenvalue weighted by Gasteiger charge is 2.14. The van der Waals surface area contributed by atoms with Crippen molar-refractivity contribution < 1.29 is 22.0 Å². The highest BCUT2D eigenvalue weighted by Crippen LogP contribution is 2.19. The molecule has 2 aromatic carbocycles. The summed E-state index contributed by atoms with van der Waals surface area (Å²) in [4.78, 5) is 11.8. The molecule has 1 aromatic heterocycles. The summed E-state index contributed by atoms with van der Waals surface area (Å²) in [6, 6.07) is 13.7. The van der Waals surface area contributed by atoms with Crippen molar-refractivity contribution in [2.24, 2.45) is 0 Å². The maximum Gasteiger partial charge on any atom is 0.291 e. The molecule has 0 saturated heterocycles. The van der Waals surface area contributed by atoms with Crippen LogP contribution in [-0.4, -0.2) is 14.3 Å². The molecule has 25 heavy (non-hydrogen) atoms. The van der Waals surface area contributed by atoms with E-state index in [0.717, 1.165) is 12.1 Å². The van der Waals surface area contributed by atoms with Crippen LogP contribution >= 0.6 is 0 Å². The van der Waals surface area contributed by atoms with E-state index in [9.17, 15) is 17.6 Å². The van der Waals surface area contributed by atoms with Gasteiger partial charge in [-0.1, -0.05) is 0 Å². The van der Waals surface area contributed by atoms with Crippen LogP contribution in [0.25, 0.3) is 0 Å². The van der Waals surface area contributed by atoms with Gasteiger partial charge in [0.1, 0.15) is 5.82 Å². The van der Waals surface area contributed by atoms with Crippen LogP contribution in [0.3, 0.4) is 0 Å². The van der Waals surface area contributed by atoms with E-state index in [0.29, 0.717) is 11.4 Å². The van der Waals surface area contributed by atoms with Crippen molar-refractivity contribution >= 4 is 27.3 Å². The normalized spacial score (nSPS) is 11.1. The Labute approximate surface area is 143 Å². The molecule has 8 heteroatoms. The van der Waals surface area contributed by atoms with Crippen LogP contribution in [0.4, 0.5) is 15.8 Å². The summed E-state index contributed by atoms with van der Waals surface area (Å²) in [7, 11) is -3.82. The van der Waals surface area contributed by atoms with E-state index in [1.54, 1.807) is 18.2 Å². The van der Waals surface area contributed by atoms with Crippen molar-refractivity contribution in [2.45, 2.75) is 4.90 Å². The average molecular weight is 360 g/mol. The molecule has 0 aliphatic rings. The molecule has 2 N–H and O–H groups in total. The summed E-state index contributed by atoms with van der Waals surface area (Å²) < 4.78 is 44.7. The largest absolute Gasteiger partial charge is 0.459 e. The van der Waals surface area contributed by atoms with E-state index < -0.39 is 21.7 Å². The molecule has 0 unspecified atom stereocenters. The molecule has 0 spiro atoms. The zero-order chi connectivity index (χ0) is 17.9. The molecule has 0 bridgehead atoms. The van der Waals surface area contributed by atoms with Gasteiger partial charge in [0, 0.05) is 11.4 Å². The average Bonchev–Trinajstić information content (AvgIpc) is 3.11. The smallest absolute Gasteiger partial charge is 0.291 e. The van der Waals surface area contributed by atoms with Gasteiger partial charge >= 0.3 is 0 Å². The summed E-state index contributed by atoms with van der Waals surface area (Å²) in [6.07, 6.45) is 1.39. The molecule has 1 amide bonds. The lowest BCUT2D eigenvalue weighted by Crippen LogP contribution is -2.13. The van der Waals surface area contributed by atoms with Crippen molar-refractivity contribution in [3.8, 4) is 0 Å². The quantitative estimate of drug-likeness (QED) is 0.729. The van der Waals surface area contributed by atoms with Crippen LogP contribution in [0.5, 0.6) is 0 Å². The number of carbonyl (C=O) groups excluding carboxylic acids is 1. The molecule has 0 aliphatic heterocycles. The topological polar surface area (TPSA) is 88.4 Å². The molecule has 128 valence electrons. The first-order chi connectivity index (χ1) is 11.9. The van der Waals surface area contributed by atoms with Gasteiger partial charge in [0.15, 0.2) is 5.76 Å². The number of carbonyl (C=O) groups is 1. The molecule has 0 atom stereocenters. The minimum atomic E-state index is -3.82. The van der Waals surface area contributed by atoms with E-state index in [1.165, 1.54) is 36.6 Å². The highest BCUT2D eigenvalue weighted by molar-refractivity contribution is 7.92. The fraction of sp³-hybridized carbons (Fsp3) is 0. The summed E-state index contributed by atoms with van der Waals surface area (Å²) >= 11 is 0. The van der Waals surface area contributed by atoms with Crippen LogP contribution in [-0.2, 0) is 10.0 Å². The van der Waals surface area contributed by atoms with Crippen molar-refractivity contribution in [3.05, 3.63) is 78.5 Å². The van der Waals surface area contributed by atoms with Crippen LogP contribution in [0.1, 0.15) is 10.6 Å². The van der Waals surface area contributed by atoms with Gasteiger partial charge in [-0.25, -0.2) is 12.8 Å². The lowest BCUT2D eigenvalue weighted by atomic mass is 10.3. The van der Waals surface area contributed by atoms with Gasteiger partial charge in [-0.2, -0.15) is 0 Å². The zero-order valence-electron chi connectivity index (χ0n) is 12.8. The summed E-state index contributed by atoms with van der Waals surface area (Å²) in [5, 5.41) is 2.62. The lowest BCUT2D eigenvalue weighted by molar-refractivity contribution is 0.0996. The summed E-state index contributed by atoms with van der Waals surface area (Å²) in [5.74, 6) is -0.763. The van der Waals surface area contributed by atoms with Crippen molar-refractivity contribution in [3.63, 3.8) is 0 Å². The van der Waals surface area contributed by atoms with Crippen molar-refractivity contribution in [1.29, 1.82) is 0 Å². The second kappa shape index (κ2) is 6.78. The first-order valence-electron chi connectivity index (χ1n) is 7.17. The standard InChI is InChI=1S/C17H13FN2O4S/c18-12-3-9-15(10-4-12)25(22,23)20-14-7-5-13(6-8-14)19-17(21)16-2-1-11-24-16/h1-11,20H,(H,19,21). The van der Waals surface area contributed by atoms with Gasteiger partial charge in [0.05, 0.1) is 11.2 Å². The first-order valence-corrected chi connectivity index (χ1v) is 8.66. The highest BCUT2D eigenvalue weighted by atomic mass is 32.2. The number of rotatable bonds is 5. The lowest BCUT2D eigenvalue weighted by Gasteiger charge is -2.09. The number of nitrogens with one attached hydrogen (secondary N) is 2. The monoisotopic (exact) mass is 360 g/mol. The third-order valence-electron chi connectivity index (χ3n) is 3.26. The van der Waals surface area contributed by atoms with Gasteiger partial charge in [-0.3, -0.25) is 9.52 Å². The maximum atomic E-state index is 12.9. The van der Waals surface area contributed by atoms with Crippen LogP contribution in [0, 0.1) is 5.82 Å². The van der Waals surface area contributed by atoms with Gasteiger partial charge in [0.2, 0.25) is 0 Å². The van der Waals surface area contributed by atoms with Gasteiger partial charge in [-0.15, -0.1) is 0 Å². The molecule has 0 fully saturated rings. The summed E-state index contributed by atoms with van der Waals surface area (Å²) in [5.41, 5.74) is 0.784. The molecule has 0 saturated carbocycles. The molecule has 3 aromatic rings. The molecular formula is C17H13FN2O4S. The van der Waals surface area contributed by atoms with Gasteiger partial charge < -0.3 is 9.73 Å². The van der Waals surface area contributed by atoms with E-state index in [4.69, 9.17) is 4.42 Å².